The van der Waals surface area contributed by atoms with Gasteiger partial charge in [-0.15, -0.1) is 11.8 Å². The third-order valence-electron chi connectivity index (χ3n) is 1.56. The molecule has 1 aromatic carbocycles. The molecule has 0 radical (unpaired) electrons. The number of carbonyl (C=O) groups is 1. The van der Waals surface area contributed by atoms with Crippen molar-refractivity contribution in [2.75, 3.05) is 18.6 Å². The minimum atomic E-state index is -0.353. The highest BCUT2D eigenvalue weighted by atomic mass is 32.2. The summed E-state index contributed by atoms with van der Waals surface area (Å²) in [6, 6.07) is 5.27. The quantitative estimate of drug-likeness (QED) is 0.573. The molecule has 0 fully saturated rings. The lowest BCUT2D eigenvalue weighted by molar-refractivity contribution is -0.115. The molecule has 0 aliphatic rings. The monoisotopic (exact) mass is 212 g/mol. The SMILES string of the molecule is COc1cc(N)ccc1SCC(N)=O. The highest BCUT2D eigenvalue weighted by molar-refractivity contribution is 8.00. The van der Waals surface area contributed by atoms with Crippen molar-refractivity contribution in [3.63, 3.8) is 0 Å². The Morgan fingerprint density at radius 1 is 1.57 bits per heavy atom. The van der Waals surface area contributed by atoms with E-state index in [2.05, 4.69) is 0 Å². The molecule has 5 heteroatoms. The van der Waals surface area contributed by atoms with Gasteiger partial charge in [-0.2, -0.15) is 0 Å². The Kier molecular flexibility index (Phi) is 3.64. The predicted octanol–water partition coefficient (Wildman–Crippen LogP) is 0.855. The largest absolute Gasteiger partial charge is 0.496 e. The lowest BCUT2D eigenvalue weighted by Crippen LogP contribution is -2.13. The van der Waals surface area contributed by atoms with Crippen molar-refractivity contribution in [3.8, 4) is 5.75 Å². The highest BCUT2D eigenvalue weighted by Crippen LogP contribution is 2.30. The predicted molar refractivity (Wildman–Crippen MR) is 57.3 cm³/mol. The van der Waals surface area contributed by atoms with E-state index in [1.807, 2.05) is 6.07 Å². The Bertz CT molecular complexity index is 342. The van der Waals surface area contributed by atoms with E-state index in [1.165, 1.54) is 11.8 Å². The van der Waals surface area contributed by atoms with Crippen molar-refractivity contribution in [1.29, 1.82) is 0 Å². The van der Waals surface area contributed by atoms with E-state index >= 15 is 0 Å². The molecule has 0 aliphatic heterocycles. The lowest BCUT2D eigenvalue weighted by Gasteiger charge is -2.07. The Balaban J connectivity index is 2.80. The summed E-state index contributed by atoms with van der Waals surface area (Å²) in [4.78, 5) is 11.4. The lowest BCUT2D eigenvalue weighted by atomic mass is 10.3. The van der Waals surface area contributed by atoms with Crippen LogP contribution in [-0.4, -0.2) is 18.8 Å². The standard InChI is InChI=1S/C9H12N2O2S/c1-13-7-4-6(10)2-3-8(7)14-5-9(11)12/h2-4H,5,10H2,1H3,(H2,11,12). The summed E-state index contributed by atoms with van der Waals surface area (Å²) in [6.07, 6.45) is 0. The van der Waals surface area contributed by atoms with Crippen LogP contribution in [0.25, 0.3) is 0 Å². The average Bonchev–Trinajstić information content (AvgIpc) is 2.15. The van der Waals surface area contributed by atoms with Gasteiger partial charge in [0.1, 0.15) is 5.75 Å². The zero-order chi connectivity index (χ0) is 10.6. The Morgan fingerprint density at radius 2 is 2.29 bits per heavy atom. The Morgan fingerprint density at radius 3 is 2.86 bits per heavy atom. The second-order valence-electron chi connectivity index (χ2n) is 2.67. The molecule has 0 saturated heterocycles. The summed E-state index contributed by atoms with van der Waals surface area (Å²) in [6.45, 7) is 0. The van der Waals surface area contributed by atoms with Crippen LogP contribution in [0.3, 0.4) is 0 Å². The number of rotatable bonds is 4. The Labute approximate surface area is 86.6 Å². The average molecular weight is 212 g/mol. The molecule has 1 rings (SSSR count). The van der Waals surface area contributed by atoms with E-state index in [0.717, 1.165) is 4.90 Å². The van der Waals surface area contributed by atoms with Gasteiger partial charge in [0, 0.05) is 16.6 Å². The number of amides is 1. The second kappa shape index (κ2) is 4.76. The molecule has 76 valence electrons. The van der Waals surface area contributed by atoms with Crippen LogP contribution in [0.4, 0.5) is 5.69 Å². The van der Waals surface area contributed by atoms with Crippen LogP contribution >= 0.6 is 11.8 Å². The summed E-state index contributed by atoms with van der Waals surface area (Å²) < 4.78 is 5.11. The summed E-state index contributed by atoms with van der Waals surface area (Å²) in [5, 5.41) is 0. The van der Waals surface area contributed by atoms with Crippen LogP contribution in [0, 0.1) is 0 Å². The molecule has 0 aliphatic carbocycles. The normalized spacial score (nSPS) is 9.79. The number of nitrogen functional groups attached to an aromatic ring is 1. The van der Waals surface area contributed by atoms with Gasteiger partial charge < -0.3 is 16.2 Å². The molecule has 1 aromatic rings. The number of benzene rings is 1. The van der Waals surface area contributed by atoms with Gasteiger partial charge in [0.05, 0.1) is 12.9 Å². The van der Waals surface area contributed by atoms with Gasteiger partial charge in [-0.05, 0) is 12.1 Å². The van der Waals surface area contributed by atoms with Crippen LogP contribution in [0.1, 0.15) is 0 Å². The topological polar surface area (TPSA) is 78.3 Å². The molecule has 0 atom stereocenters. The van der Waals surface area contributed by atoms with E-state index < -0.39 is 0 Å². The Hall–Kier alpha value is -1.36. The molecule has 1 amide bonds. The fraction of sp³-hybridized carbons (Fsp3) is 0.222. The molecule has 4 N–H and O–H groups in total. The van der Waals surface area contributed by atoms with Gasteiger partial charge in [-0.1, -0.05) is 0 Å². The molecule has 0 unspecified atom stereocenters. The van der Waals surface area contributed by atoms with Crippen LogP contribution in [0.5, 0.6) is 5.75 Å². The maximum Gasteiger partial charge on any atom is 0.227 e. The molecule has 0 aromatic heterocycles. The van der Waals surface area contributed by atoms with Crippen molar-refractivity contribution in [3.05, 3.63) is 18.2 Å². The fourth-order valence-electron chi connectivity index (χ4n) is 0.952. The van der Waals surface area contributed by atoms with Gasteiger partial charge in [-0.25, -0.2) is 0 Å². The fourth-order valence-corrected chi connectivity index (χ4v) is 1.70. The van der Waals surface area contributed by atoms with Gasteiger partial charge in [0.25, 0.3) is 0 Å². The number of nitrogens with two attached hydrogens (primary N) is 2. The number of ether oxygens (including phenoxy) is 1. The van der Waals surface area contributed by atoms with E-state index in [1.54, 1.807) is 19.2 Å². The van der Waals surface area contributed by atoms with Crippen LogP contribution in [0.15, 0.2) is 23.1 Å². The van der Waals surface area contributed by atoms with Crippen LogP contribution in [-0.2, 0) is 4.79 Å². The van der Waals surface area contributed by atoms with Gasteiger partial charge in [-0.3, -0.25) is 4.79 Å². The van der Waals surface area contributed by atoms with Crippen LogP contribution < -0.4 is 16.2 Å². The van der Waals surface area contributed by atoms with Crippen molar-refractivity contribution in [2.45, 2.75) is 4.90 Å². The zero-order valence-electron chi connectivity index (χ0n) is 7.82. The zero-order valence-corrected chi connectivity index (χ0v) is 8.64. The summed E-state index contributed by atoms with van der Waals surface area (Å²) in [5.41, 5.74) is 11.2. The molecular formula is C9H12N2O2S. The van der Waals surface area contributed by atoms with Crippen molar-refractivity contribution in [1.82, 2.24) is 0 Å². The maximum absolute atomic E-state index is 10.6. The summed E-state index contributed by atoms with van der Waals surface area (Å²) in [7, 11) is 1.56. The smallest absolute Gasteiger partial charge is 0.227 e. The third-order valence-corrected chi connectivity index (χ3v) is 2.63. The van der Waals surface area contributed by atoms with E-state index in [4.69, 9.17) is 16.2 Å². The minimum absolute atomic E-state index is 0.236. The first-order valence-corrected chi connectivity index (χ1v) is 4.96. The van der Waals surface area contributed by atoms with Gasteiger partial charge in [0.2, 0.25) is 5.91 Å². The van der Waals surface area contributed by atoms with Gasteiger partial charge >= 0.3 is 0 Å². The van der Waals surface area contributed by atoms with Crippen molar-refractivity contribution >= 4 is 23.4 Å². The number of anilines is 1. The number of hydrogen-bond donors (Lipinski definition) is 2. The van der Waals surface area contributed by atoms with E-state index in [-0.39, 0.29) is 11.7 Å². The molecule has 4 nitrogen and oxygen atoms in total. The third kappa shape index (κ3) is 2.85. The number of hydrogen-bond acceptors (Lipinski definition) is 4. The first-order valence-electron chi connectivity index (χ1n) is 3.98. The van der Waals surface area contributed by atoms with E-state index in [0.29, 0.717) is 11.4 Å². The first kappa shape index (κ1) is 10.7. The molecule has 0 heterocycles. The number of carbonyl (C=O) groups excluding carboxylic acids is 1. The van der Waals surface area contributed by atoms with Crippen molar-refractivity contribution in [2.24, 2.45) is 5.73 Å². The molecule has 14 heavy (non-hydrogen) atoms. The number of methoxy groups -OCH3 is 1. The van der Waals surface area contributed by atoms with E-state index in [9.17, 15) is 4.79 Å². The number of thioether (sulfide) groups is 1. The maximum atomic E-state index is 10.6. The second-order valence-corrected chi connectivity index (χ2v) is 3.68. The van der Waals surface area contributed by atoms with Gasteiger partial charge in [0.15, 0.2) is 0 Å². The summed E-state index contributed by atoms with van der Waals surface area (Å²) >= 11 is 1.33. The number of primary amides is 1. The highest BCUT2D eigenvalue weighted by Gasteiger charge is 2.05. The molecule has 0 saturated carbocycles. The molecule has 0 spiro atoms. The first-order chi connectivity index (χ1) is 6.63. The summed E-state index contributed by atoms with van der Waals surface area (Å²) in [5.74, 6) is 0.547. The molecule has 0 bridgehead atoms. The van der Waals surface area contributed by atoms with Crippen molar-refractivity contribution < 1.29 is 9.53 Å². The molecular weight excluding hydrogens is 200 g/mol. The minimum Gasteiger partial charge on any atom is -0.496 e. The van der Waals surface area contributed by atoms with Crippen LogP contribution in [0.2, 0.25) is 0 Å².